The Morgan fingerprint density at radius 3 is 2.88 bits per heavy atom. The van der Waals surface area contributed by atoms with E-state index in [0.717, 1.165) is 12.0 Å². The highest BCUT2D eigenvalue weighted by Crippen LogP contribution is 2.28. The van der Waals surface area contributed by atoms with Crippen molar-refractivity contribution in [1.82, 2.24) is 5.32 Å². The van der Waals surface area contributed by atoms with Crippen molar-refractivity contribution in [2.45, 2.75) is 64.8 Å². The highest BCUT2D eigenvalue weighted by molar-refractivity contribution is 7.99. The van der Waals surface area contributed by atoms with Crippen LogP contribution < -0.4 is 5.32 Å². The molecule has 1 fully saturated rings. The maximum Gasteiger partial charge on any atom is 0.00697 e. The first-order valence-electron chi connectivity index (χ1n) is 7.18. The molecule has 1 rings (SSSR count). The predicted octanol–water partition coefficient (Wildman–Crippen LogP) is 4.08. The van der Waals surface area contributed by atoms with Crippen molar-refractivity contribution in [2.75, 3.05) is 18.1 Å². The van der Waals surface area contributed by atoms with Gasteiger partial charge in [0.15, 0.2) is 0 Å². The van der Waals surface area contributed by atoms with Crippen LogP contribution in [0.3, 0.4) is 0 Å². The Morgan fingerprint density at radius 1 is 1.25 bits per heavy atom. The molecule has 16 heavy (non-hydrogen) atoms. The van der Waals surface area contributed by atoms with E-state index in [1.54, 1.807) is 0 Å². The summed E-state index contributed by atoms with van der Waals surface area (Å²) < 4.78 is 0. The average Bonchev–Trinajstić information content (AvgIpc) is 2.33. The molecule has 0 saturated heterocycles. The molecule has 2 unspecified atom stereocenters. The normalized spacial score (nSPS) is 25.9. The molecule has 0 bridgehead atoms. The van der Waals surface area contributed by atoms with E-state index in [4.69, 9.17) is 0 Å². The van der Waals surface area contributed by atoms with Crippen molar-refractivity contribution in [1.29, 1.82) is 0 Å². The predicted molar refractivity (Wildman–Crippen MR) is 76.3 cm³/mol. The lowest BCUT2D eigenvalue weighted by Crippen LogP contribution is -2.34. The lowest BCUT2D eigenvalue weighted by molar-refractivity contribution is 0.272. The zero-order valence-corrected chi connectivity index (χ0v) is 12.0. The minimum Gasteiger partial charge on any atom is -0.314 e. The fraction of sp³-hybridized carbons (Fsp3) is 1.00. The summed E-state index contributed by atoms with van der Waals surface area (Å²) in [5, 5.41) is 3.70. The molecule has 2 heteroatoms. The van der Waals surface area contributed by atoms with Gasteiger partial charge >= 0.3 is 0 Å². The van der Waals surface area contributed by atoms with Crippen LogP contribution in [-0.2, 0) is 0 Å². The topological polar surface area (TPSA) is 12.0 Å². The molecular formula is C14H29NS. The van der Waals surface area contributed by atoms with Crippen LogP contribution >= 0.6 is 11.8 Å². The summed E-state index contributed by atoms with van der Waals surface area (Å²) in [4.78, 5) is 0. The van der Waals surface area contributed by atoms with Crippen molar-refractivity contribution in [3.05, 3.63) is 0 Å². The van der Waals surface area contributed by atoms with Crippen LogP contribution in [-0.4, -0.2) is 24.1 Å². The molecule has 0 aliphatic heterocycles. The van der Waals surface area contributed by atoms with Gasteiger partial charge in [0.25, 0.3) is 0 Å². The molecule has 0 heterocycles. The SMILES string of the molecule is CCCNC1CCCC(CCCSCC)C1. The largest absolute Gasteiger partial charge is 0.314 e. The van der Waals surface area contributed by atoms with Gasteiger partial charge < -0.3 is 5.32 Å². The molecule has 1 nitrogen and oxygen atoms in total. The lowest BCUT2D eigenvalue weighted by Gasteiger charge is -2.29. The second-order valence-electron chi connectivity index (χ2n) is 5.02. The molecule has 96 valence electrons. The third kappa shape index (κ3) is 6.15. The Balaban J connectivity index is 2.07. The summed E-state index contributed by atoms with van der Waals surface area (Å²) in [5.41, 5.74) is 0. The summed E-state index contributed by atoms with van der Waals surface area (Å²) >= 11 is 2.10. The van der Waals surface area contributed by atoms with Gasteiger partial charge in [-0.1, -0.05) is 26.7 Å². The Hall–Kier alpha value is 0.310. The molecule has 1 aliphatic carbocycles. The summed E-state index contributed by atoms with van der Waals surface area (Å²) in [6, 6.07) is 0.831. The summed E-state index contributed by atoms with van der Waals surface area (Å²) in [5.74, 6) is 3.67. The van der Waals surface area contributed by atoms with E-state index < -0.39 is 0 Å². The second-order valence-corrected chi connectivity index (χ2v) is 6.42. The van der Waals surface area contributed by atoms with Crippen molar-refractivity contribution in [3.63, 3.8) is 0 Å². The first kappa shape index (κ1) is 14.4. The lowest BCUT2D eigenvalue weighted by atomic mass is 9.83. The molecule has 0 radical (unpaired) electrons. The van der Waals surface area contributed by atoms with E-state index >= 15 is 0 Å². The number of thioether (sulfide) groups is 1. The molecule has 1 aliphatic rings. The number of nitrogens with one attached hydrogen (secondary N) is 1. The van der Waals surface area contributed by atoms with E-state index in [1.165, 1.54) is 63.0 Å². The van der Waals surface area contributed by atoms with Crippen molar-refractivity contribution in [2.24, 2.45) is 5.92 Å². The van der Waals surface area contributed by atoms with Gasteiger partial charge in [-0.05, 0) is 56.1 Å². The van der Waals surface area contributed by atoms with Crippen LogP contribution in [0.1, 0.15) is 58.8 Å². The number of rotatable bonds is 8. The number of hydrogen-bond acceptors (Lipinski definition) is 2. The molecule has 0 aromatic rings. The van der Waals surface area contributed by atoms with Gasteiger partial charge in [-0.15, -0.1) is 0 Å². The zero-order chi connectivity index (χ0) is 11.6. The van der Waals surface area contributed by atoms with Gasteiger partial charge in [0, 0.05) is 6.04 Å². The van der Waals surface area contributed by atoms with E-state index in [2.05, 4.69) is 30.9 Å². The van der Waals surface area contributed by atoms with E-state index in [0.29, 0.717) is 0 Å². The van der Waals surface area contributed by atoms with Crippen molar-refractivity contribution in [3.8, 4) is 0 Å². The molecule has 0 aromatic carbocycles. The molecule has 0 amide bonds. The fourth-order valence-electron chi connectivity index (χ4n) is 2.71. The third-order valence-corrected chi connectivity index (χ3v) is 4.56. The van der Waals surface area contributed by atoms with Crippen LogP contribution in [0.4, 0.5) is 0 Å². The van der Waals surface area contributed by atoms with Gasteiger partial charge in [-0.25, -0.2) is 0 Å². The Bertz CT molecular complexity index is 161. The highest BCUT2D eigenvalue weighted by Gasteiger charge is 2.20. The molecule has 1 N–H and O–H groups in total. The van der Waals surface area contributed by atoms with E-state index in [-0.39, 0.29) is 0 Å². The summed E-state index contributed by atoms with van der Waals surface area (Å²) in [7, 11) is 0. The van der Waals surface area contributed by atoms with E-state index in [1.807, 2.05) is 0 Å². The molecule has 2 atom stereocenters. The Kier molecular flexibility index (Phi) is 8.40. The monoisotopic (exact) mass is 243 g/mol. The molecule has 0 aromatic heterocycles. The standard InChI is InChI=1S/C14H29NS/c1-3-10-15-14-9-5-7-13(12-14)8-6-11-16-4-2/h13-15H,3-12H2,1-2H3. The molecule has 1 saturated carbocycles. The molecular weight excluding hydrogens is 214 g/mol. The number of hydrogen-bond donors (Lipinski definition) is 1. The van der Waals surface area contributed by atoms with E-state index in [9.17, 15) is 0 Å². The maximum atomic E-state index is 3.70. The maximum absolute atomic E-state index is 3.70. The highest BCUT2D eigenvalue weighted by atomic mass is 32.2. The average molecular weight is 243 g/mol. The van der Waals surface area contributed by atoms with Gasteiger partial charge in [0.2, 0.25) is 0 Å². The van der Waals surface area contributed by atoms with Crippen LogP contribution in [0.2, 0.25) is 0 Å². The van der Waals surface area contributed by atoms with Crippen LogP contribution in [0.15, 0.2) is 0 Å². The zero-order valence-electron chi connectivity index (χ0n) is 11.1. The Labute approximate surface area is 106 Å². The quantitative estimate of drug-likeness (QED) is 0.645. The fourth-order valence-corrected chi connectivity index (χ4v) is 3.36. The van der Waals surface area contributed by atoms with Gasteiger partial charge in [0.05, 0.1) is 0 Å². The van der Waals surface area contributed by atoms with Gasteiger partial charge in [-0.3, -0.25) is 0 Å². The third-order valence-electron chi connectivity index (χ3n) is 3.57. The minimum atomic E-state index is 0.831. The van der Waals surface area contributed by atoms with Crippen LogP contribution in [0, 0.1) is 5.92 Å². The first-order valence-corrected chi connectivity index (χ1v) is 8.33. The first-order chi connectivity index (χ1) is 7.86. The van der Waals surface area contributed by atoms with Gasteiger partial charge in [0.1, 0.15) is 0 Å². The second kappa shape index (κ2) is 9.35. The summed E-state index contributed by atoms with van der Waals surface area (Å²) in [6.45, 7) is 5.73. The smallest absolute Gasteiger partial charge is 0.00697 e. The summed E-state index contributed by atoms with van der Waals surface area (Å²) in [6.07, 6.45) is 9.97. The Morgan fingerprint density at radius 2 is 2.12 bits per heavy atom. The minimum absolute atomic E-state index is 0.831. The van der Waals surface area contributed by atoms with Gasteiger partial charge in [-0.2, -0.15) is 11.8 Å². The van der Waals surface area contributed by atoms with Crippen molar-refractivity contribution >= 4 is 11.8 Å². The van der Waals surface area contributed by atoms with Crippen LogP contribution in [0.25, 0.3) is 0 Å². The molecule has 0 spiro atoms. The van der Waals surface area contributed by atoms with Crippen LogP contribution in [0.5, 0.6) is 0 Å². The van der Waals surface area contributed by atoms with Crippen molar-refractivity contribution < 1.29 is 0 Å².